The lowest BCUT2D eigenvalue weighted by molar-refractivity contribution is -0.134. The van der Waals surface area contributed by atoms with Crippen LogP contribution in [0.4, 0.5) is 0 Å². The quantitative estimate of drug-likeness (QED) is 0.399. The zero-order valence-corrected chi connectivity index (χ0v) is 11.8. The fourth-order valence-electron chi connectivity index (χ4n) is 1.79. The molecular weight excluding hydrogens is 276 g/mol. The van der Waals surface area contributed by atoms with E-state index in [4.69, 9.17) is 15.3 Å². The Bertz CT molecular complexity index is 475. The van der Waals surface area contributed by atoms with Gasteiger partial charge in [0.15, 0.2) is 0 Å². The SMILES string of the molecule is C=C(CCCCC(CC(=C)C(=O)O)C(=C)C(=O)O)C(=O)O. The second kappa shape index (κ2) is 8.73. The summed E-state index contributed by atoms with van der Waals surface area (Å²) in [5.41, 5.74) is -0.0367. The summed E-state index contributed by atoms with van der Waals surface area (Å²) in [6, 6.07) is 0. The fourth-order valence-corrected chi connectivity index (χ4v) is 1.79. The van der Waals surface area contributed by atoms with Gasteiger partial charge in [0, 0.05) is 16.7 Å². The molecule has 116 valence electrons. The van der Waals surface area contributed by atoms with Crippen molar-refractivity contribution in [3.8, 4) is 0 Å². The van der Waals surface area contributed by atoms with E-state index in [2.05, 4.69) is 19.7 Å². The summed E-state index contributed by atoms with van der Waals surface area (Å²) in [7, 11) is 0. The highest BCUT2D eigenvalue weighted by Crippen LogP contribution is 2.25. The Morgan fingerprint density at radius 2 is 1.33 bits per heavy atom. The number of carboxylic acids is 3. The van der Waals surface area contributed by atoms with Gasteiger partial charge in [-0.3, -0.25) is 0 Å². The molecule has 21 heavy (non-hydrogen) atoms. The Morgan fingerprint density at radius 3 is 1.76 bits per heavy atom. The Labute approximate surface area is 123 Å². The first kappa shape index (κ1) is 18.6. The molecule has 0 spiro atoms. The fraction of sp³-hybridized carbons (Fsp3) is 0.400. The average Bonchev–Trinajstić information content (AvgIpc) is 2.40. The number of aliphatic carboxylic acids is 3. The minimum atomic E-state index is -1.17. The monoisotopic (exact) mass is 296 g/mol. The van der Waals surface area contributed by atoms with Crippen LogP contribution in [0.2, 0.25) is 0 Å². The van der Waals surface area contributed by atoms with Gasteiger partial charge in [-0.25, -0.2) is 14.4 Å². The molecule has 0 amide bonds. The van der Waals surface area contributed by atoms with Gasteiger partial charge in [-0.2, -0.15) is 0 Å². The molecule has 0 aliphatic rings. The van der Waals surface area contributed by atoms with Crippen molar-refractivity contribution in [2.45, 2.75) is 32.1 Å². The molecule has 1 atom stereocenters. The molecule has 0 aromatic carbocycles. The molecular formula is C15H20O6. The van der Waals surface area contributed by atoms with E-state index in [0.29, 0.717) is 25.7 Å². The Balaban J connectivity index is 4.49. The van der Waals surface area contributed by atoms with Crippen molar-refractivity contribution in [1.29, 1.82) is 0 Å². The van der Waals surface area contributed by atoms with Crippen molar-refractivity contribution in [2.75, 3.05) is 0 Å². The van der Waals surface area contributed by atoms with Gasteiger partial charge in [0.2, 0.25) is 0 Å². The first-order valence-electron chi connectivity index (χ1n) is 6.41. The summed E-state index contributed by atoms with van der Waals surface area (Å²) in [4.78, 5) is 32.3. The summed E-state index contributed by atoms with van der Waals surface area (Å²) in [6.45, 7) is 10.3. The number of carboxylic acid groups (broad SMARTS) is 3. The van der Waals surface area contributed by atoms with Crippen LogP contribution in [0.15, 0.2) is 36.5 Å². The number of unbranched alkanes of at least 4 members (excludes halogenated alkanes) is 1. The number of hydrogen-bond donors (Lipinski definition) is 3. The lowest BCUT2D eigenvalue weighted by Crippen LogP contribution is -2.15. The van der Waals surface area contributed by atoms with Gasteiger partial charge in [0.25, 0.3) is 0 Å². The molecule has 0 aromatic rings. The Morgan fingerprint density at radius 1 is 0.810 bits per heavy atom. The van der Waals surface area contributed by atoms with Crippen molar-refractivity contribution in [1.82, 2.24) is 0 Å². The molecule has 0 fully saturated rings. The van der Waals surface area contributed by atoms with Crippen LogP contribution in [-0.2, 0) is 14.4 Å². The number of carbonyl (C=O) groups is 3. The van der Waals surface area contributed by atoms with E-state index in [1.807, 2.05) is 0 Å². The second-order valence-electron chi connectivity index (χ2n) is 4.79. The molecule has 1 unspecified atom stereocenters. The highest BCUT2D eigenvalue weighted by molar-refractivity contribution is 5.88. The number of hydrogen-bond acceptors (Lipinski definition) is 3. The van der Waals surface area contributed by atoms with Gasteiger partial charge in [0.1, 0.15) is 0 Å². The normalized spacial score (nSPS) is 11.4. The van der Waals surface area contributed by atoms with Gasteiger partial charge in [-0.1, -0.05) is 26.2 Å². The molecule has 6 heteroatoms. The number of rotatable bonds is 11. The van der Waals surface area contributed by atoms with Crippen molar-refractivity contribution in [3.05, 3.63) is 36.5 Å². The van der Waals surface area contributed by atoms with Gasteiger partial charge in [0.05, 0.1) is 0 Å². The molecule has 0 aliphatic carbocycles. The molecule has 0 saturated heterocycles. The largest absolute Gasteiger partial charge is 0.478 e. The van der Waals surface area contributed by atoms with Crippen molar-refractivity contribution in [2.24, 2.45) is 5.92 Å². The highest BCUT2D eigenvalue weighted by Gasteiger charge is 2.21. The molecule has 0 bridgehead atoms. The molecule has 0 radical (unpaired) electrons. The summed E-state index contributed by atoms with van der Waals surface area (Å²) in [5.74, 6) is -3.92. The van der Waals surface area contributed by atoms with E-state index in [1.54, 1.807) is 0 Å². The van der Waals surface area contributed by atoms with E-state index >= 15 is 0 Å². The maximum atomic E-state index is 11.0. The van der Waals surface area contributed by atoms with Crippen LogP contribution in [0.5, 0.6) is 0 Å². The molecule has 0 saturated carbocycles. The van der Waals surface area contributed by atoms with Crippen LogP contribution >= 0.6 is 0 Å². The lowest BCUT2D eigenvalue weighted by Gasteiger charge is -2.16. The predicted octanol–water partition coefficient (Wildman–Crippen LogP) is 2.48. The average molecular weight is 296 g/mol. The van der Waals surface area contributed by atoms with Gasteiger partial charge in [-0.05, 0) is 31.6 Å². The zero-order chi connectivity index (χ0) is 16.6. The van der Waals surface area contributed by atoms with E-state index in [1.165, 1.54) is 0 Å². The molecule has 0 rings (SSSR count). The third-order valence-electron chi connectivity index (χ3n) is 3.15. The smallest absolute Gasteiger partial charge is 0.331 e. The third kappa shape index (κ3) is 7.10. The van der Waals surface area contributed by atoms with Crippen LogP contribution in [0.25, 0.3) is 0 Å². The lowest BCUT2D eigenvalue weighted by atomic mass is 9.88. The van der Waals surface area contributed by atoms with Crippen molar-refractivity contribution >= 4 is 17.9 Å². The first-order valence-corrected chi connectivity index (χ1v) is 6.41. The van der Waals surface area contributed by atoms with Crippen LogP contribution in [0, 0.1) is 5.92 Å². The van der Waals surface area contributed by atoms with Crippen molar-refractivity contribution < 1.29 is 29.7 Å². The third-order valence-corrected chi connectivity index (χ3v) is 3.15. The molecule has 6 nitrogen and oxygen atoms in total. The summed E-state index contributed by atoms with van der Waals surface area (Å²) in [6.07, 6.45) is 1.82. The summed E-state index contributed by atoms with van der Waals surface area (Å²) in [5, 5.41) is 26.4. The molecule has 0 aliphatic heterocycles. The standard InChI is InChI=1S/C15H20O6/c1-9(13(16)17)6-4-5-7-12(11(3)15(20)21)8-10(2)14(18)19/h12H,1-8H2,(H,16,17)(H,18,19)(H,20,21). The van der Waals surface area contributed by atoms with Gasteiger partial charge in [-0.15, -0.1) is 0 Å². The van der Waals surface area contributed by atoms with E-state index in [-0.39, 0.29) is 23.1 Å². The van der Waals surface area contributed by atoms with Crippen LogP contribution < -0.4 is 0 Å². The molecule has 0 heterocycles. The zero-order valence-electron chi connectivity index (χ0n) is 11.8. The van der Waals surface area contributed by atoms with E-state index in [0.717, 1.165) is 0 Å². The molecule has 3 N–H and O–H groups in total. The second-order valence-corrected chi connectivity index (χ2v) is 4.79. The summed E-state index contributed by atoms with van der Waals surface area (Å²) >= 11 is 0. The minimum absolute atomic E-state index is 0.0142. The predicted molar refractivity (Wildman–Crippen MR) is 76.9 cm³/mol. The first-order chi connectivity index (χ1) is 9.66. The summed E-state index contributed by atoms with van der Waals surface area (Å²) < 4.78 is 0. The molecule has 0 aromatic heterocycles. The maximum absolute atomic E-state index is 11.0. The highest BCUT2D eigenvalue weighted by atomic mass is 16.4. The Hall–Kier alpha value is -2.37. The van der Waals surface area contributed by atoms with Gasteiger partial charge < -0.3 is 15.3 Å². The van der Waals surface area contributed by atoms with Crippen LogP contribution in [0.3, 0.4) is 0 Å². The van der Waals surface area contributed by atoms with E-state index in [9.17, 15) is 14.4 Å². The van der Waals surface area contributed by atoms with Crippen LogP contribution in [-0.4, -0.2) is 33.2 Å². The topological polar surface area (TPSA) is 112 Å². The minimum Gasteiger partial charge on any atom is -0.478 e. The van der Waals surface area contributed by atoms with Crippen LogP contribution in [0.1, 0.15) is 32.1 Å². The van der Waals surface area contributed by atoms with Crippen molar-refractivity contribution in [3.63, 3.8) is 0 Å². The van der Waals surface area contributed by atoms with Gasteiger partial charge >= 0.3 is 17.9 Å². The van der Waals surface area contributed by atoms with E-state index < -0.39 is 23.8 Å². The maximum Gasteiger partial charge on any atom is 0.331 e. The Kier molecular flexibility index (Phi) is 7.75.